The number of methoxy groups -OCH3 is 1. The van der Waals surface area contributed by atoms with Crippen LogP contribution in [0, 0.1) is 11.8 Å². The van der Waals surface area contributed by atoms with Crippen LogP contribution in [0.4, 0.5) is 0 Å². The van der Waals surface area contributed by atoms with Crippen molar-refractivity contribution >= 4 is 0 Å². The van der Waals surface area contributed by atoms with Crippen molar-refractivity contribution in [3.63, 3.8) is 0 Å². The van der Waals surface area contributed by atoms with Crippen LogP contribution in [-0.4, -0.2) is 38.0 Å². The van der Waals surface area contributed by atoms with Crippen molar-refractivity contribution in [1.29, 1.82) is 0 Å². The van der Waals surface area contributed by atoms with Crippen molar-refractivity contribution in [2.75, 3.05) is 26.9 Å². The van der Waals surface area contributed by atoms with Crippen molar-refractivity contribution < 1.29 is 14.2 Å². The molecule has 0 spiro atoms. The molecule has 0 saturated heterocycles. The van der Waals surface area contributed by atoms with E-state index in [1.54, 1.807) is 13.3 Å². The standard InChI is InChI=1S/C18H27NO3/c1-16(2)21-13-8-14-22-18-11-10-17(15-19-18)9-6-4-5-7-12-20-3/h10-11,15-16H,4-5,7-8,12-14H2,1-3H3. The molecule has 1 aromatic heterocycles. The summed E-state index contributed by atoms with van der Waals surface area (Å²) in [6.07, 6.45) is 5.89. The summed E-state index contributed by atoms with van der Waals surface area (Å²) in [6.45, 7) is 6.19. The number of hydrogen-bond donors (Lipinski definition) is 0. The largest absolute Gasteiger partial charge is 0.478 e. The quantitative estimate of drug-likeness (QED) is 0.490. The van der Waals surface area contributed by atoms with Gasteiger partial charge < -0.3 is 14.2 Å². The molecule has 0 unspecified atom stereocenters. The molecule has 0 amide bonds. The predicted molar refractivity (Wildman–Crippen MR) is 88.0 cm³/mol. The Kier molecular flexibility index (Phi) is 10.1. The van der Waals surface area contributed by atoms with E-state index in [9.17, 15) is 0 Å². The van der Waals surface area contributed by atoms with E-state index < -0.39 is 0 Å². The monoisotopic (exact) mass is 305 g/mol. The molecule has 0 fully saturated rings. The summed E-state index contributed by atoms with van der Waals surface area (Å²) < 4.78 is 16.0. The molecule has 0 N–H and O–H groups in total. The molecular formula is C18H27NO3. The van der Waals surface area contributed by atoms with Crippen LogP contribution < -0.4 is 4.74 Å². The van der Waals surface area contributed by atoms with Gasteiger partial charge in [0.2, 0.25) is 5.88 Å². The fourth-order valence-corrected chi connectivity index (χ4v) is 1.72. The number of unbranched alkanes of at least 4 members (excludes halogenated alkanes) is 2. The zero-order valence-corrected chi connectivity index (χ0v) is 13.9. The topological polar surface area (TPSA) is 40.6 Å². The number of aromatic nitrogens is 1. The van der Waals surface area contributed by atoms with Gasteiger partial charge in [-0.15, -0.1) is 0 Å². The SMILES string of the molecule is COCCCCC#Cc1ccc(OCCCOC(C)C)nc1. The molecule has 0 aliphatic carbocycles. The van der Waals surface area contributed by atoms with Crippen LogP contribution >= 0.6 is 0 Å². The normalized spacial score (nSPS) is 10.4. The minimum Gasteiger partial charge on any atom is -0.478 e. The Balaban J connectivity index is 2.21. The third kappa shape index (κ3) is 9.38. The van der Waals surface area contributed by atoms with Gasteiger partial charge in [-0.25, -0.2) is 4.98 Å². The van der Waals surface area contributed by atoms with Crippen LogP contribution in [0.25, 0.3) is 0 Å². The first-order chi connectivity index (χ1) is 10.7. The molecule has 4 nitrogen and oxygen atoms in total. The minimum atomic E-state index is 0.269. The van der Waals surface area contributed by atoms with Crippen molar-refractivity contribution in [2.24, 2.45) is 0 Å². The number of pyridine rings is 1. The first kappa shape index (κ1) is 18.5. The van der Waals surface area contributed by atoms with Crippen LogP contribution in [0.1, 0.15) is 45.1 Å². The van der Waals surface area contributed by atoms with E-state index >= 15 is 0 Å². The molecule has 1 aromatic rings. The highest BCUT2D eigenvalue weighted by atomic mass is 16.5. The van der Waals surface area contributed by atoms with Gasteiger partial charge in [0.1, 0.15) is 0 Å². The zero-order valence-electron chi connectivity index (χ0n) is 13.9. The Morgan fingerprint density at radius 3 is 2.64 bits per heavy atom. The molecule has 1 heterocycles. The number of nitrogens with zero attached hydrogens (tertiary/aromatic N) is 1. The maximum atomic E-state index is 5.56. The highest BCUT2D eigenvalue weighted by molar-refractivity contribution is 5.33. The zero-order chi connectivity index (χ0) is 16.0. The lowest BCUT2D eigenvalue weighted by atomic mass is 10.2. The Bertz CT molecular complexity index is 446. The van der Waals surface area contributed by atoms with Crippen LogP contribution in [0.15, 0.2) is 18.3 Å². The van der Waals surface area contributed by atoms with E-state index in [1.165, 1.54) is 0 Å². The third-order valence-electron chi connectivity index (χ3n) is 2.86. The molecule has 0 aliphatic heterocycles. The van der Waals surface area contributed by atoms with Gasteiger partial charge in [0.05, 0.1) is 19.3 Å². The smallest absolute Gasteiger partial charge is 0.213 e. The average Bonchev–Trinajstić information content (AvgIpc) is 2.51. The second kappa shape index (κ2) is 12.0. The van der Waals surface area contributed by atoms with Crippen LogP contribution in [0.5, 0.6) is 5.88 Å². The second-order valence-electron chi connectivity index (χ2n) is 5.26. The number of hydrogen-bond acceptors (Lipinski definition) is 4. The molecule has 0 aliphatic rings. The summed E-state index contributed by atoms with van der Waals surface area (Å²) in [5.74, 6) is 6.89. The van der Waals surface area contributed by atoms with Crippen molar-refractivity contribution in [2.45, 2.75) is 45.6 Å². The van der Waals surface area contributed by atoms with E-state index in [0.29, 0.717) is 19.1 Å². The summed E-state index contributed by atoms with van der Waals surface area (Å²) in [6, 6.07) is 3.80. The lowest BCUT2D eigenvalue weighted by molar-refractivity contribution is 0.0691. The van der Waals surface area contributed by atoms with E-state index in [1.807, 2.05) is 26.0 Å². The van der Waals surface area contributed by atoms with Crippen LogP contribution in [-0.2, 0) is 9.47 Å². The van der Waals surface area contributed by atoms with Gasteiger partial charge >= 0.3 is 0 Å². The van der Waals surface area contributed by atoms with Crippen molar-refractivity contribution in [3.05, 3.63) is 23.9 Å². The molecule has 4 heteroatoms. The average molecular weight is 305 g/mol. The molecule has 1 rings (SSSR count). The maximum absolute atomic E-state index is 5.56. The molecule has 22 heavy (non-hydrogen) atoms. The Labute approximate surface area is 134 Å². The summed E-state index contributed by atoms with van der Waals surface area (Å²) >= 11 is 0. The highest BCUT2D eigenvalue weighted by Gasteiger charge is 1.97. The van der Waals surface area contributed by atoms with Gasteiger partial charge in [0.25, 0.3) is 0 Å². The van der Waals surface area contributed by atoms with E-state index in [4.69, 9.17) is 14.2 Å². The van der Waals surface area contributed by atoms with Crippen LogP contribution in [0.2, 0.25) is 0 Å². The fourth-order valence-electron chi connectivity index (χ4n) is 1.72. The van der Waals surface area contributed by atoms with Crippen molar-refractivity contribution in [1.82, 2.24) is 4.98 Å². The van der Waals surface area contributed by atoms with Gasteiger partial charge in [-0.1, -0.05) is 11.8 Å². The number of rotatable bonds is 10. The van der Waals surface area contributed by atoms with E-state index in [0.717, 1.165) is 37.9 Å². The third-order valence-corrected chi connectivity index (χ3v) is 2.86. The van der Waals surface area contributed by atoms with Gasteiger partial charge in [0, 0.05) is 44.4 Å². The van der Waals surface area contributed by atoms with E-state index in [2.05, 4.69) is 16.8 Å². The Hall–Kier alpha value is -1.57. The highest BCUT2D eigenvalue weighted by Crippen LogP contribution is 2.07. The van der Waals surface area contributed by atoms with Gasteiger partial charge in [-0.3, -0.25) is 0 Å². The van der Waals surface area contributed by atoms with Crippen LogP contribution in [0.3, 0.4) is 0 Å². The first-order valence-electron chi connectivity index (χ1n) is 7.90. The van der Waals surface area contributed by atoms with Gasteiger partial charge in [-0.2, -0.15) is 0 Å². The predicted octanol–water partition coefficient (Wildman–Crippen LogP) is 3.44. The molecule has 0 radical (unpaired) electrons. The second-order valence-corrected chi connectivity index (χ2v) is 5.26. The molecular weight excluding hydrogens is 278 g/mol. The lowest BCUT2D eigenvalue weighted by Crippen LogP contribution is -2.08. The summed E-state index contributed by atoms with van der Waals surface area (Å²) in [7, 11) is 1.72. The van der Waals surface area contributed by atoms with E-state index in [-0.39, 0.29) is 6.10 Å². The van der Waals surface area contributed by atoms with Gasteiger partial charge in [-0.05, 0) is 32.8 Å². The fraction of sp³-hybridized carbons (Fsp3) is 0.611. The summed E-state index contributed by atoms with van der Waals surface area (Å²) in [5, 5.41) is 0. The minimum absolute atomic E-state index is 0.269. The lowest BCUT2D eigenvalue weighted by Gasteiger charge is -2.08. The Morgan fingerprint density at radius 2 is 1.95 bits per heavy atom. The van der Waals surface area contributed by atoms with Crippen molar-refractivity contribution in [3.8, 4) is 17.7 Å². The first-order valence-corrected chi connectivity index (χ1v) is 7.90. The summed E-state index contributed by atoms with van der Waals surface area (Å²) in [4.78, 5) is 4.25. The molecule has 0 atom stereocenters. The molecule has 122 valence electrons. The molecule has 0 bridgehead atoms. The molecule has 0 saturated carbocycles. The maximum Gasteiger partial charge on any atom is 0.213 e. The Morgan fingerprint density at radius 1 is 1.09 bits per heavy atom. The van der Waals surface area contributed by atoms with Gasteiger partial charge in [0.15, 0.2) is 0 Å². The summed E-state index contributed by atoms with van der Waals surface area (Å²) in [5.41, 5.74) is 0.919. The molecule has 0 aromatic carbocycles. The number of ether oxygens (including phenoxy) is 3.